The molecule has 0 spiro atoms. The van der Waals surface area contributed by atoms with Crippen LogP contribution in [0.5, 0.6) is 0 Å². The van der Waals surface area contributed by atoms with E-state index in [1.165, 1.54) is 0 Å². The summed E-state index contributed by atoms with van der Waals surface area (Å²) in [6, 6.07) is 0. The molecule has 0 radical (unpaired) electrons. The van der Waals surface area contributed by atoms with Gasteiger partial charge in [0.1, 0.15) is 0 Å². The van der Waals surface area contributed by atoms with Crippen molar-refractivity contribution in [2.24, 2.45) is 0 Å². The van der Waals surface area contributed by atoms with Gasteiger partial charge in [-0.2, -0.15) is 0 Å². The third-order valence-electron chi connectivity index (χ3n) is 1.98. The first-order valence-corrected chi connectivity index (χ1v) is 7.92. The van der Waals surface area contributed by atoms with Gasteiger partial charge in [0.05, 0.1) is 0 Å². The van der Waals surface area contributed by atoms with Gasteiger partial charge < -0.3 is 0 Å². The Balaban J connectivity index is 1.84. The molecule has 0 aliphatic carbocycles. The average molecular weight is 279 g/mol. The van der Waals surface area contributed by atoms with Gasteiger partial charge in [0.2, 0.25) is 0 Å². The molecule has 0 bridgehead atoms. The Morgan fingerprint density at radius 2 is 1.50 bits per heavy atom. The number of hydrogen-bond acceptors (Lipinski definition) is 4. The maximum atomic E-state index is 6.41. The van der Waals surface area contributed by atoms with Crippen molar-refractivity contribution in [3.8, 4) is 0 Å². The van der Waals surface area contributed by atoms with E-state index < -0.39 is 15.4 Å². The zero-order valence-corrected chi connectivity index (χ0v) is 9.36. The summed E-state index contributed by atoms with van der Waals surface area (Å²) >= 11 is -1.34. The van der Waals surface area contributed by atoms with Crippen LogP contribution < -0.4 is 10.6 Å². The molecule has 2 fully saturated rings. The summed E-state index contributed by atoms with van der Waals surface area (Å²) in [7, 11) is 6.41. The topological polar surface area (TPSA) is 30.5 Å². The van der Waals surface area contributed by atoms with Gasteiger partial charge in [0.15, 0.2) is 0 Å². The van der Waals surface area contributed by atoms with Gasteiger partial charge in [-0.1, -0.05) is 0 Å². The predicted octanol–water partition coefficient (Wildman–Crippen LogP) is -0.686. The van der Waals surface area contributed by atoms with Gasteiger partial charge in [-0.05, 0) is 0 Å². The Hall–Kier alpha value is 0.753. The van der Waals surface area contributed by atoms with Crippen LogP contribution in [0.4, 0.5) is 0 Å². The molecular weight excluding hydrogens is 265 g/mol. The normalized spacial score (nSPS) is 28.2. The van der Waals surface area contributed by atoms with Gasteiger partial charge in [-0.3, -0.25) is 0 Å². The second-order valence-electron chi connectivity index (χ2n) is 2.85. The van der Waals surface area contributed by atoms with Crippen molar-refractivity contribution in [2.45, 2.75) is 0 Å². The zero-order chi connectivity index (χ0) is 8.39. The van der Waals surface area contributed by atoms with Crippen molar-refractivity contribution < 1.29 is 15.4 Å². The molecule has 0 amide bonds. The number of rotatable bonds is 2. The van der Waals surface area contributed by atoms with Crippen LogP contribution in [-0.4, -0.2) is 46.8 Å². The molecule has 2 aliphatic rings. The summed E-state index contributed by atoms with van der Waals surface area (Å²) in [4.78, 5) is 0. The molecule has 12 heavy (non-hydrogen) atoms. The van der Waals surface area contributed by atoms with E-state index in [1.54, 1.807) is 0 Å². The van der Waals surface area contributed by atoms with Crippen LogP contribution in [0.15, 0.2) is 0 Å². The average Bonchev–Trinajstić information content (AvgIpc) is 2.77. The summed E-state index contributed by atoms with van der Waals surface area (Å²) in [6.07, 6.45) is 0. The van der Waals surface area contributed by atoms with Crippen molar-refractivity contribution in [3.05, 3.63) is 0 Å². The Kier molecular flexibility index (Phi) is 3.35. The molecule has 2 rings (SSSR count). The molecule has 6 heteroatoms. The Labute approximate surface area is 82.7 Å². The number of halogens is 1. The van der Waals surface area contributed by atoms with Gasteiger partial charge in [0, 0.05) is 0 Å². The number of hydrogen-bond donors (Lipinski definition) is 2. The van der Waals surface area contributed by atoms with Crippen LogP contribution in [0, 0.1) is 0 Å². The Morgan fingerprint density at radius 1 is 1.00 bits per heavy atom. The van der Waals surface area contributed by atoms with Crippen LogP contribution in [0.1, 0.15) is 0 Å². The van der Waals surface area contributed by atoms with E-state index in [4.69, 9.17) is 9.69 Å². The quantitative estimate of drug-likeness (QED) is 0.655. The summed E-state index contributed by atoms with van der Waals surface area (Å²) in [5, 5.41) is 6.61. The van der Waals surface area contributed by atoms with E-state index in [2.05, 4.69) is 17.9 Å². The minimum atomic E-state index is -1.34. The van der Waals surface area contributed by atoms with Crippen LogP contribution >= 0.6 is 9.69 Å². The van der Waals surface area contributed by atoms with E-state index in [9.17, 15) is 0 Å². The molecule has 0 aromatic rings. The van der Waals surface area contributed by atoms with Crippen LogP contribution in [0.25, 0.3) is 0 Å². The second-order valence-corrected chi connectivity index (χ2v) is 7.40. The second kappa shape index (κ2) is 4.31. The standard InChI is InChI=1S/2C3H7N2.ClH.Ru/c2*1-2-5-3-4-1;;/h2*4H,1-3H2;1H;/q2*-1;;+3/p-1. The van der Waals surface area contributed by atoms with E-state index >= 15 is 0 Å². The van der Waals surface area contributed by atoms with Gasteiger partial charge >= 0.3 is 82.6 Å². The van der Waals surface area contributed by atoms with Crippen molar-refractivity contribution >= 4 is 9.69 Å². The number of nitrogens with zero attached hydrogens (tertiary/aromatic N) is 2. The zero-order valence-electron chi connectivity index (χ0n) is 6.87. The fraction of sp³-hybridized carbons (Fsp3) is 1.00. The monoisotopic (exact) mass is 279 g/mol. The Morgan fingerprint density at radius 3 is 1.83 bits per heavy atom. The van der Waals surface area contributed by atoms with Crippen molar-refractivity contribution in [1.29, 1.82) is 0 Å². The third kappa shape index (κ3) is 1.98. The molecule has 0 atom stereocenters. The van der Waals surface area contributed by atoms with E-state index in [-0.39, 0.29) is 0 Å². The molecule has 2 heterocycles. The SMILES string of the molecule is [Cl][Ru]([N]1CCNC1)[N]1CCNC1. The van der Waals surface area contributed by atoms with Crippen LogP contribution in [0.3, 0.4) is 0 Å². The molecule has 0 aromatic heterocycles. The number of nitrogens with one attached hydrogen (secondary N) is 2. The maximum absolute atomic E-state index is 6.41. The molecule has 4 nitrogen and oxygen atoms in total. The summed E-state index contributed by atoms with van der Waals surface area (Å²) in [5.41, 5.74) is 0. The summed E-state index contributed by atoms with van der Waals surface area (Å²) in [5.74, 6) is 0. The molecular formula is C6H14ClN4Ru. The van der Waals surface area contributed by atoms with Crippen molar-refractivity contribution in [3.63, 3.8) is 0 Å². The predicted molar refractivity (Wildman–Crippen MR) is 45.0 cm³/mol. The molecule has 2 aliphatic heterocycles. The third-order valence-corrected chi connectivity index (χ3v) is 7.12. The first-order valence-electron chi connectivity index (χ1n) is 4.13. The summed E-state index contributed by atoms with van der Waals surface area (Å²) < 4.78 is 4.78. The Bertz CT molecular complexity index is 130. The molecule has 2 N–H and O–H groups in total. The van der Waals surface area contributed by atoms with Crippen LogP contribution in [0.2, 0.25) is 0 Å². The fourth-order valence-corrected chi connectivity index (χ4v) is 5.09. The molecule has 73 valence electrons. The van der Waals surface area contributed by atoms with Gasteiger partial charge in [-0.25, -0.2) is 0 Å². The first kappa shape index (κ1) is 9.31. The van der Waals surface area contributed by atoms with Crippen molar-refractivity contribution in [2.75, 3.05) is 39.5 Å². The molecule has 0 saturated carbocycles. The first-order chi connectivity index (χ1) is 5.88. The van der Waals surface area contributed by atoms with Crippen molar-refractivity contribution in [1.82, 2.24) is 17.9 Å². The van der Waals surface area contributed by atoms with E-state index in [0.29, 0.717) is 0 Å². The van der Waals surface area contributed by atoms with E-state index in [1.807, 2.05) is 0 Å². The summed E-state index contributed by atoms with van der Waals surface area (Å²) in [6.45, 7) is 6.41. The molecule has 0 unspecified atom stereocenters. The minimum absolute atomic E-state index is 0.985. The van der Waals surface area contributed by atoms with Gasteiger partial charge in [0.25, 0.3) is 0 Å². The molecule has 2 saturated heterocycles. The van der Waals surface area contributed by atoms with Crippen LogP contribution in [-0.2, 0) is 15.4 Å². The van der Waals surface area contributed by atoms with Gasteiger partial charge in [-0.15, -0.1) is 0 Å². The molecule has 0 aromatic carbocycles. The van der Waals surface area contributed by atoms with E-state index in [0.717, 1.165) is 39.5 Å². The fourth-order valence-electron chi connectivity index (χ4n) is 1.31.